The van der Waals surface area contributed by atoms with Crippen LogP contribution >= 0.6 is 34.5 Å². The lowest BCUT2D eigenvalue weighted by molar-refractivity contribution is -0.126. The first-order valence-corrected chi connectivity index (χ1v) is 11.2. The number of aromatic nitrogens is 1. The van der Waals surface area contributed by atoms with Crippen LogP contribution in [0.5, 0.6) is 0 Å². The van der Waals surface area contributed by atoms with Crippen molar-refractivity contribution in [2.75, 3.05) is 11.4 Å². The third-order valence-corrected chi connectivity index (χ3v) is 6.06. The molecule has 0 bridgehead atoms. The van der Waals surface area contributed by atoms with E-state index in [-0.39, 0.29) is 11.8 Å². The van der Waals surface area contributed by atoms with E-state index in [9.17, 15) is 9.59 Å². The van der Waals surface area contributed by atoms with E-state index in [2.05, 4.69) is 4.98 Å². The fourth-order valence-electron chi connectivity index (χ4n) is 2.93. The number of likely N-dealkylation sites (N-methyl/N-ethyl adjacent to an activating group) is 1. The minimum absolute atomic E-state index is 0.133. The van der Waals surface area contributed by atoms with Gasteiger partial charge in [0, 0.05) is 31.5 Å². The van der Waals surface area contributed by atoms with Gasteiger partial charge in [-0.25, -0.2) is 4.98 Å². The van der Waals surface area contributed by atoms with Gasteiger partial charge in [-0.15, -0.1) is 11.3 Å². The zero-order valence-electron chi connectivity index (χ0n) is 17.1. The molecule has 0 radical (unpaired) electrons. The summed E-state index contributed by atoms with van der Waals surface area (Å²) in [6.45, 7) is 4.37. The molecule has 0 aliphatic heterocycles. The minimum Gasteiger partial charge on any atom is -0.335 e. The molecule has 2 aromatic carbocycles. The Morgan fingerprint density at radius 3 is 2.48 bits per heavy atom. The van der Waals surface area contributed by atoms with Crippen LogP contribution in [0.2, 0.25) is 10.0 Å². The Balaban J connectivity index is 1.72. The van der Waals surface area contributed by atoms with Gasteiger partial charge in [-0.2, -0.15) is 0 Å². The van der Waals surface area contributed by atoms with Gasteiger partial charge in [0.15, 0.2) is 5.13 Å². The van der Waals surface area contributed by atoms with E-state index in [1.165, 1.54) is 24.3 Å². The van der Waals surface area contributed by atoms with Crippen LogP contribution < -0.4 is 4.90 Å². The molecular weight excluding hydrogens is 453 g/mol. The third-order valence-electron chi connectivity index (χ3n) is 4.48. The van der Waals surface area contributed by atoms with Gasteiger partial charge in [0.1, 0.15) is 0 Å². The van der Waals surface area contributed by atoms with Crippen molar-refractivity contribution in [2.45, 2.75) is 20.4 Å². The van der Waals surface area contributed by atoms with Gasteiger partial charge in [0.05, 0.1) is 21.4 Å². The smallest absolute Gasteiger partial charge is 0.246 e. The van der Waals surface area contributed by atoms with Gasteiger partial charge < -0.3 is 4.90 Å². The van der Waals surface area contributed by atoms with Crippen LogP contribution in [-0.4, -0.2) is 28.2 Å². The van der Waals surface area contributed by atoms with Crippen LogP contribution in [-0.2, 0) is 16.1 Å². The molecule has 0 saturated carbocycles. The lowest BCUT2D eigenvalue weighted by Gasteiger charge is -2.19. The van der Waals surface area contributed by atoms with E-state index >= 15 is 0 Å². The van der Waals surface area contributed by atoms with Crippen molar-refractivity contribution in [2.24, 2.45) is 0 Å². The maximum Gasteiger partial charge on any atom is 0.246 e. The molecule has 5 nitrogen and oxygen atoms in total. The highest BCUT2D eigenvalue weighted by molar-refractivity contribution is 7.14. The predicted molar refractivity (Wildman–Crippen MR) is 128 cm³/mol. The zero-order valence-corrected chi connectivity index (χ0v) is 19.4. The Morgan fingerprint density at radius 1 is 1.10 bits per heavy atom. The molecule has 0 N–H and O–H groups in total. The summed E-state index contributed by atoms with van der Waals surface area (Å²) in [5.74, 6) is -0.277. The van der Waals surface area contributed by atoms with Crippen LogP contribution in [0.4, 0.5) is 10.8 Å². The number of hydrogen-bond donors (Lipinski definition) is 0. The Labute approximate surface area is 195 Å². The van der Waals surface area contributed by atoms with Gasteiger partial charge >= 0.3 is 0 Å². The molecule has 0 aliphatic carbocycles. The summed E-state index contributed by atoms with van der Waals surface area (Å²) in [7, 11) is 0. The molecule has 0 fully saturated rings. The number of hydrogen-bond acceptors (Lipinski definition) is 4. The Bertz CT molecular complexity index is 1100. The molecule has 0 atom stereocenters. The summed E-state index contributed by atoms with van der Waals surface area (Å²) in [5.41, 5.74) is 2.25. The second-order valence-corrected chi connectivity index (χ2v) is 8.33. The fraction of sp³-hybridized carbons (Fsp3) is 0.174. The summed E-state index contributed by atoms with van der Waals surface area (Å²) in [6, 6.07) is 14.7. The van der Waals surface area contributed by atoms with Crippen molar-refractivity contribution in [3.8, 4) is 0 Å². The average Bonchev–Trinajstić information content (AvgIpc) is 3.21. The number of para-hydroxylation sites is 1. The molecule has 3 rings (SSSR count). The molecule has 0 saturated heterocycles. The second kappa shape index (κ2) is 10.6. The molecule has 0 spiro atoms. The lowest BCUT2D eigenvalue weighted by atomic mass is 10.2. The maximum absolute atomic E-state index is 12.7. The van der Waals surface area contributed by atoms with Gasteiger partial charge in [0.2, 0.25) is 11.8 Å². The predicted octanol–water partition coefficient (Wildman–Crippen LogP) is 6.20. The summed E-state index contributed by atoms with van der Waals surface area (Å²) in [4.78, 5) is 32.6. The number of halogens is 2. The van der Waals surface area contributed by atoms with E-state index < -0.39 is 0 Å². The normalized spacial score (nSPS) is 11.0. The summed E-state index contributed by atoms with van der Waals surface area (Å²) in [6.07, 6.45) is 3.14. The Morgan fingerprint density at radius 2 is 1.84 bits per heavy atom. The van der Waals surface area contributed by atoms with E-state index in [0.29, 0.717) is 34.0 Å². The number of anilines is 2. The lowest BCUT2D eigenvalue weighted by Crippen LogP contribution is -2.28. The summed E-state index contributed by atoms with van der Waals surface area (Å²) >= 11 is 13.4. The highest BCUT2D eigenvalue weighted by atomic mass is 35.5. The van der Waals surface area contributed by atoms with Crippen LogP contribution in [0.1, 0.15) is 25.1 Å². The molecule has 0 unspecified atom stereocenters. The molecule has 8 heteroatoms. The highest BCUT2D eigenvalue weighted by Crippen LogP contribution is 2.29. The molecule has 160 valence electrons. The number of benzene rings is 2. The summed E-state index contributed by atoms with van der Waals surface area (Å²) in [5, 5.41) is 3.30. The molecule has 1 heterocycles. The first-order chi connectivity index (χ1) is 14.9. The number of thiazole rings is 1. The van der Waals surface area contributed by atoms with E-state index in [4.69, 9.17) is 23.2 Å². The first kappa shape index (κ1) is 23.0. The third kappa shape index (κ3) is 5.94. The highest BCUT2D eigenvalue weighted by Gasteiger charge is 2.17. The molecule has 1 aromatic heterocycles. The zero-order chi connectivity index (χ0) is 22.4. The van der Waals surface area contributed by atoms with Gasteiger partial charge in [-0.3, -0.25) is 14.5 Å². The molecule has 31 heavy (non-hydrogen) atoms. The van der Waals surface area contributed by atoms with E-state index in [0.717, 1.165) is 11.3 Å². The van der Waals surface area contributed by atoms with Gasteiger partial charge in [0.25, 0.3) is 0 Å². The van der Waals surface area contributed by atoms with Crippen molar-refractivity contribution in [1.82, 2.24) is 9.88 Å². The van der Waals surface area contributed by atoms with Crippen LogP contribution in [0.3, 0.4) is 0 Å². The van der Waals surface area contributed by atoms with Crippen molar-refractivity contribution in [1.29, 1.82) is 0 Å². The number of nitrogens with zero attached hydrogens (tertiary/aromatic N) is 3. The molecular formula is C23H21Cl2N3O2S. The topological polar surface area (TPSA) is 53.5 Å². The number of carbonyl (C=O) groups excluding carboxylic acids is 2. The van der Waals surface area contributed by atoms with E-state index in [1.54, 1.807) is 28.0 Å². The minimum atomic E-state index is -0.144. The van der Waals surface area contributed by atoms with Crippen LogP contribution in [0.15, 0.2) is 60.0 Å². The van der Waals surface area contributed by atoms with Crippen molar-refractivity contribution in [3.63, 3.8) is 0 Å². The van der Waals surface area contributed by atoms with Gasteiger partial charge in [-0.05, 0) is 42.8 Å². The van der Waals surface area contributed by atoms with Crippen molar-refractivity contribution >= 4 is 63.2 Å². The largest absolute Gasteiger partial charge is 0.335 e. The van der Waals surface area contributed by atoms with Crippen molar-refractivity contribution < 1.29 is 9.59 Å². The average molecular weight is 474 g/mol. The second-order valence-electron chi connectivity index (χ2n) is 6.68. The Hall–Kier alpha value is -2.67. The Kier molecular flexibility index (Phi) is 7.85. The fourth-order valence-corrected chi connectivity index (χ4v) is 4.10. The van der Waals surface area contributed by atoms with Gasteiger partial charge in [-0.1, -0.05) is 47.5 Å². The molecule has 0 aliphatic rings. The quantitative estimate of drug-likeness (QED) is 0.384. The number of carbonyl (C=O) groups is 2. The summed E-state index contributed by atoms with van der Waals surface area (Å²) < 4.78 is 0. The number of rotatable bonds is 7. The maximum atomic E-state index is 12.7. The first-order valence-electron chi connectivity index (χ1n) is 9.61. The van der Waals surface area contributed by atoms with E-state index in [1.807, 2.05) is 48.7 Å². The monoisotopic (exact) mass is 473 g/mol. The molecule has 2 amide bonds. The van der Waals surface area contributed by atoms with Crippen LogP contribution in [0.25, 0.3) is 6.08 Å². The molecule has 3 aromatic rings. The van der Waals surface area contributed by atoms with Crippen LogP contribution in [0, 0.1) is 0 Å². The SMILES string of the molecule is CCN(Cc1ccc(Cl)c(Cl)c1)C(=O)/C=C/c1csc(N(C(C)=O)c2ccccc2)n1. The standard InChI is InChI=1S/C23H21Cl2N3O2S/c1-3-27(14-17-9-11-20(24)21(25)13-17)22(30)12-10-18-15-31-23(26-18)28(16(2)29)19-7-5-4-6-8-19/h4-13,15H,3,14H2,1-2H3/b12-10+. The van der Waals surface area contributed by atoms with Crippen molar-refractivity contribution in [3.05, 3.63) is 81.3 Å². The number of amides is 2.